The van der Waals surface area contributed by atoms with E-state index in [0.717, 1.165) is 44.1 Å². The number of aromatic nitrogens is 1. The largest absolute Gasteiger partial charge is 0.455 e. The first-order chi connectivity index (χ1) is 17.2. The number of aryl methyl sites for hydroxylation is 2. The summed E-state index contributed by atoms with van der Waals surface area (Å²) in [6.07, 6.45) is 1.98. The minimum atomic E-state index is 0.886. The lowest BCUT2D eigenvalue weighted by molar-refractivity contribution is 0.673. The fourth-order valence-electron chi connectivity index (χ4n) is 5.33. The maximum Gasteiger partial charge on any atom is 0.144 e. The van der Waals surface area contributed by atoms with Gasteiger partial charge in [-0.1, -0.05) is 72.8 Å². The molecule has 7 aromatic rings. The molecule has 0 aliphatic carbocycles. The van der Waals surface area contributed by atoms with Crippen molar-refractivity contribution in [2.75, 3.05) is 0 Å². The second-order valence-electron chi connectivity index (χ2n) is 9.35. The maximum absolute atomic E-state index is 6.57. The first-order valence-corrected chi connectivity index (χ1v) is 12.0. The van der Waals surface area contributed by atoms with Crippen LogP contribution in [0.15, 0.2) is 108 Å². The van der Waals surface area contributed by atoms with Crippen molar-refractivity contribution in [1.82, 2.24) is 4.98 Å². The lowest BCUT2D eigenvalue weighted by atomic mass is 9.93. The van der Waals surface area contributed by atoms with Crippen molar-refractivity contribution in [3.8, 4) is 22.4 Å². The van der Waals surface area contributed by atoms with Crippen LogP contribution in [0.25, 0.3) is 65.9 Å². The standard InChI is InChI=1S/C33H23NO/c1-20-16-23-9-3-4-10-24(23)17-29(20)30-18-31(34-19-21(30)2)28-13-7-12-26-27-15-14-22-8-5-6-11-25(22)32(27)35-33(26)28/h3-19H,1-2H3. The van der Waals surface area contributed by atoms with Gasteiger partial charge < -0.3 is 4.42 Å². The number of pyridine rings is 1. The van der Waals surface area contributed by atoms with Crippen LogP contribution >= 0.6 is 0 Å². The zero-order valence-corrected chi connectivity index (χ0v) is 19.7. The first kappa shape index (κ1) is 20.0. The number of nitrogens with zero attached hydrogens (tertiary/aromatic N) is 1. The summed E-state index contributed by atoms with van der Waals surface area (Å²) < 4.78 is 6.57. The van der Waals surface area contributed by atoms with Gasteiger partial charge in [0.25, 0.3) is 0 Å². The number of furan rings is 1. The van der Waals surface area contributed by atoms with Crippen molar-refractivity contribution in [1.29, 1.82) is 0 Å². The lowest BCUT2D eigenvalue weighted by Crippen LogP contribution is -1.92. The van der Waals surface area contributed by atoms with Gasteiger partial charge in [0.2, 0.25) is 0 Å². The molecular formula is C33H23NO. The highest BCUT2D eigenvalue weighted by atomic mass is 16.3. The molecule has 0 spiro atoms. The lowest BCUT2D eigenvalue weighted by Gasteiger charge is -2.13. The second-order valence-corrected chi connectivity index (χ2v) is 9.35. The number of hydrogen-bond donors (Lipinski definition) is 0. The Labute approximate surface area is 203 Å². The molecule has 0 aliphatic heterocycles. The summed E-state index contributed by atoms with van der Waals surface area (Å²) in [6, 6.07) is 34.4. The first-order valence-electron chi connectivity index (χ1n) is 12.0. The Morgan fingerprint density at radius 3 is 2.06 bits per heavy atom. The number of para-hydroxylation sites is 1. The van der Waals surface area contributed by atoms with Crippen LogP contribution in [0, 0.1) is 13.8 Å². The summed E-state index contributed by atoms with van der Waals surface area (Å²) in [5.74, 6) is 0. The van der Waals surface area contributed by atoms with Crippen LogP contribution < -0.4 is 0 Å². The Balaban J connectivity index is 1.47. The van der Waals surface area contributed by atoms with Gasteiger partial charge in [-0.2, -0.15) is 0 Å². The third kappa shape index (κ3) is 3.07. The van der Waals surface area contributed by atoms with Crippen molar-refractivity contribution in [3.05, 3.63) is 114 Å². The van der Waals surface area contributed by atoms with E-state index in [0.29, 0.717) is 0 Å². The summed E-state index contributed by atoms with van der Waals surface area (Å²) in [5.41, 5.74) is 8.63. The zero-order chi connectivity index (χ0) is 23.5. The van der Waals surface area contributed by atoms with E-state index >= 15 is 0 Å². The predicted molar refractivity (Wildman–Crippen MR) is 147 cm³/mol. The monoisotopic (exact) mass is 449 g/mol. The Kier molecular flexibility index (Phi) is 4.31. The third-order valence-corrected chi connectivity index (χ3v) is 7.15. The average molecular weight is 450 g/mol. The van der Waals surface area contributed by atoms with E-state index in [1.54, 1.807) is 0 Å². The predicted octanol–water partition coefficient (Wildman–Crippen LogP) is 9.24. The van der Waals surface area contributed by atoms with Crippen LogP contribution in [0.3, 0.4) is 0 Å². The summed E-state index contributed by atoms with van der Waals surface area (Å²) >= 11 is 0. The number of fused-ring (bicyclic) bond motifs is 6. The molecule has 2 heterocycles. The number of hydrogen-bond acceptors (Lipinski definition) is 2. The van der Waals surface area contributed by atoms with E-state index in [9.17, 15) is 0 Å². The van der Waals surface area contributed by atoms with Crippen molar-refractivity contribution in [2.24, 2.45) is 0 Å². The summed E-state index contributed by atoms with van der Waals surface area (Å²) in [5, 5.41) is 7.09. The Morgan fingerprint density at radius 2 is 1.20 bits per heavy atom. The van der Waals surface area contributed by atoms with Crippen LogP contribution in [-0.2, 0) is 0 Å². The van der Waals surface area contributed by atoms with Gasteiger partial charge in [-0.25, -0.2) is 0 Å². The number of benzene rings is 5. The van der Waals surface area contributed by atoms with Crippen LogP contribution in [0.5, 0.6) is 0 Å². The maximum atomic E-state index is 6.57. The normalized spacial score (nSPS) is 11.7. The molecule has 0 atom stereocenters. The molecule has 2 heteroatoms. The Hall–Kier alpha value is -4.43. The van der Waals surface area contributed by atoms with Crippen LogP contribution in [-0.4, -0.2) is 4.98 Å². The topological polar surface area (TPSA) is 26.0 Å². The van der Waals surface area contributed by atoms with Crippen LogP contribution in [0.2, 0.25) is 0 Å². The average Bonchev–Trinajstić information content (AvgIpc) is 3.28. The molecule has 7 rings (SSSR count). The van der Waals surface area contributed by atoms with Gasteiger partial charge in [0.1, 0.15) is 11.2 Å². The van der Waals surface area contributed by atoms with Crippen molar-refractivity contribution in [3.63, 3.8) is 0 Å². The smallest absolute Gasteiger partial charge is 0.144 e. The Morgan fingerprint density at radius 1 is 0.514 bits per heavy atom. The van der Waals surface area contributed by atoms with Crippen LogP contribution in [0.1, 0.15) is 11.1 Å². The van der Waals surface area contributed by atoms with E-state index in [1.807, 2.05) is 6.20 Å². The molecule has 0 radical (unpaired) electrons. The van der Waals surface area contributed by atoms with Gasteiger partial charge in [0.05, 0.1) is 5.69 Å². The van der Waals surface area contributed by atoms with E-state index in [-0.39, 0.29) is 0 Å². The SMILES string of the molecule is Cc1cnc(-c2cccc3c2oc2c4ccccc4ccc32)cc1-c1cc2ccccc2cc1C. The molecule has 0 bridgehead atoms. The van der Waals surface area contributed by atoms with E-state index in [2.05, 4.69) is 111 Å². The molecule has 0 N–H and O–H groups in total. The van der Waals surface area contributed by atoms with Gasteiger partial charge in [0, 0.05) is 27.9 Å². The van der Waals surface area contributed by atoms with Gasteiger partial charge in [-0.15, -0.1) is 0 Å². The quantitative estimate of drug-likeness (QED) is 0.263. The van der Waals surface area contributed by atoms with Crippen molar-refractivity contribution >= 4 is 43.5 Å². The summed E-state index contributed by atoms with van der Waals surface area (Å²) in [7, 11) is 0. The molecular weight excluding hydrogens is 426 g/mol. The molecule has 0 fully saturated rings. The van der Waals surface area contributed by atoms with Crippen molar-refractivity contribution in [2.45, 2.75) is 13.8 Å². The van der Waals surface area contributed by atoms with Crippen molar-refractivity contribution < 1.29 is 4.42 Å². The van der Waals surface area contributed by atoms with Gasteiger partial charge in [-0.3, -0.25) is 4.98 Å². The zero-order valence-electron chi connectivity index (χ0n) is 19.7. The molecule has 2 nitrogen and oxygen atoms in total. The highest BCUT2D eigenvalue weighted by Crippen LogP contribution is 2.39. The summed E-state index contributed by atoms with van der Waals surface area (Å²) in [4.78, 5) is 4.85. The fraction of sp³-hybridized carbons (Fsp3) is 0.0606. The molecule has 5 aromatic carbocycles. The Bertz CT molecular complexity index is 1930. The fourth-order valence-corrected chi connectivity index (χ4v) is 5.33. The minimum absolute atomic E-state index is 0.886. The molecule has 166 valence electrons. The second kappa shape index (κ2) is 7.54. The van der Waals surface area contributed by atoms with E-state index in [1.165, 1.54) is 32.8 Å². The van der Waals surface area contributed by atoms with Crippen LogP contribution in [0.4, 0.5) is 0 Å². The van der Waals surface area contributed by atoms with Gasteiger partial charge in [-0.05, 0) is 76.5 Å². The molecule has 0 unspecified atom stereocenters. The summed E-state index contributed by atoms with van der Waals surface area (Å²) in [6.45, 7) is 4.32. The molecule has 2 aromatic heterocycles. The van der Waals surface area contributed by atoms with E-state index < -0.39 is 0 Å². The van der Waals surface area contributed by atoms with E-state index in [4.69, 9.17) is 9.40 Å². The number of rotatable bonds is 2. The molecule has 0 saturated heterocycles. The molecule has 0 saturated carbocycles. The third-order valence-electron chi connectivity index (χ3n) is 7.15. The highest BCUT2D eigenvalue weighted by molar-refractivity contribution is 6.17. The molecule has 0 amide bonds. The van der Waals surface area contributed by atoms with Gasteiger partial charge in [0.15, 0.2) is 0 Å². The molecule has 0 aliphatic rings. The molecule has 35 heavy (non-hydrogen) atoms. The highest BCUT2D eigenvalue weighted by Gasteiger charge is 2.16. The van der Waals surface area contributed by atoms with Gasteiger partial charge >= 0.3 is 0 Å². The minimum Gasteiger partial charge on any atom is -0.455 e.